The summed E-state index contributed by atoms with van der Waals surface area (Å²) in [6, 6.07) is 110. The zero-order chi connectivity index (χ0) is 95.5. The van der Waals surface area contributed by atoms with Gasteiger partial charge in [0.15, 0.2) is 0 Å². The Morgan fingerprint density at radius 1 is 0.130 bits per heavy atom. The van der Waals surface area contributed by atoms with Crippen molar-refractivity contribution in [2.24, 2.45) is 0 Å². The largest absolute Gasteiger partial charge is 0.0716 e. The maximum absolute atomic E-state index is 2.98. The highest BCUT2D eigenvalue weighted by molar-refractivity contribution is 6.20. The molecule has 0 nitrogen and oxygen atoms in total. The molecule has 0 saturated heterocycles. The summed E-state index contributed by atoms with van der Waals surface area (Å²) in [7, 11) is 0. The van der Waals surface area contributed by atoms with Gasteiger partial charge in [0.1, 0.15) is 0 Å². The Kier molecular flexibility index (Phi) is 39.8. The summed E-state index contributed by atoms with van der Waals surface area (Å²) in [5.41, 5.74) is 36.3. The quantitative estimate of drug-likeness (QED) is 0.0333. The van der Waals surface area contributed by atoms with E-state index in [1.165, 1.54) is 464 Å². The second kappa shape index (κ2) is 53.1. The van der Waals surface area contributed by atoms with Crippen LogP contribution in [0, 0.1) is 0 Å². The smallest absolute Gasteiger partial charge is 0.0654 e. The normalized spacial score (nSPS) is 14.4. The molecule has 11 aromatic carbocycles. The van der Waals surface area contributed by atoms with Crippen molar-refractivity contribution in [3.05, 3.63) is 388 Å². The Morgan fingerprint density at radius 3 is 0.449 bits per heavy atom. The molecule has 4 aliphatic rings. The van der Waals surface area contributed by atoms with Crippen LogP contribution in [0.1, 0.15) is 497 Å². The summed E-state index contributed by atoms with van der Waals surface area (Å²) in [4.78, 5) is 0. The molecule has 4 aliphatic carbocycles. The fraction of sp³-hybridized carbons (Fsp3) is 0.493. The van der Waals surface area contributed by atoms with Gasteiger partial charge < -0.3 is 0 Å². The van der Waals surface area contributed by atoms with Gasteiger partial charge in [0.2, 0.25) is 0 Å². The van der Waals surface area contributed by atoms with Crippen LogP contribution in [-0.4, -0.2) is 0 Å². The number of benzene rings is 11. The second-order valence-electron chi connectivity index (χ2n) is 43.3. The van der Waals surface area contributed by atoms with Crippen molar-refractivity contribution >= 4 is 22.3 Å². The first-order valence-corrected chi connectivity index (χ1v) is 57.9. The molecule has 0 heteroatoms. The van der Waals surface area contributed by atoms with Crippen LogP contribution in [0.15, 0.2) is 255 Å². The first kappa shape index (κ1) is 103. The van der Waals surface area contributed by atoms with Crippen LogP contribution in [0.2, 0.25) is 0 Å². The number of rotatable bonds is 64. The molecule has 11 aromatic rings. The molecule has 138 heavy (non-hydrogen) atoms. The monoisotopic (exact) mass is 1840 g/mol. The molecule has 0 unspecified atom stereocenters. The maximum Gasteiger partial charge on any atom is 0.0716 e. The minimum absolute atomic E-state index is 0.762. The van der Waals surface area contributed by atoms with Crippen LogP contribution in [0.5, 0.6) is 0 Å². The van der Waals surface area contributed by atoms with E-state index in [9.17, 15) is 0 Å². The molecule has 0 bridgehead atoms. The Hall–Kier alpha value is -9.10. The average molecular weight is 1840 g/mol. The summed E-state index contributed by atoms with van der Waals surface area (Å²) in [5, 5.41) is 0. The van der Waals surface area contributed by atoms with Crippen molar-refractivity contribution in [1.29, 1.82) is 0 Å². The minimum atomic E-state index is -0.822. The third-order valence-electron chi connectivity index (χ3n) is 33.4. The van der Waals surface area contributed by atoms with Gasteiger partial charge in [-0.15, -0.1) is 0 Å². The number of hydrogen-bond donors (Lipinski definition) is 0. The van der Waals surface area contributed by atoms with E-state index in [2.05, 4.69) is 310 Å². The molecule has 0 aromatic heterocycles. The van der Waals surface area contributed by atoms with Gasteiger partial charge in [-0.05, 0) is 265 Å². The van der Waals surface area contributed by atoms with Crippen LogP contribution < -0.4 is 0 Å². The average Bonchev–Trinajstić information content (AvgIpc) is 1.46. The third kappa shape index (κ3) is 23.4. The van der Waals surface area contributed by atoms with Crippen molar-refractivity contribution in [1.82, 2.24) is 0 Å². The van der Waals surface area contributed by atoms with E-state index < -0.39 is 21.7 Å². The van der Waals surface area contributed by atoms with Gasteiger partial charge in [0.05, 0.1) is 21.7 Å². The van der Waals surface area contributed by atoms with Crippen LogP contribution in [0.3, 0.4) is 0 Å². The topological polar surface area (TPSA) is 0 Å². The first-order chi connectivity index (χ1) is 68.2. The molecular weight excluding hydrogens is 1660 g/mol. The number of fused-ring (bicyclic) bond motifs is 8. The molecule has 0 atom stereocenters. The Bertz CT molecular complexity index is 4940. The van der Waals surface area contributed by atoms with E-state index in [-0.39, 0.29) is 0 Å². The SMILES string of the molecule is CCCCCCCCc1ccc(C2(c3ccc(CCCCCCCC)cc3)C3=C(c4ccccc42)C(c2ccc(CCCCCCCC)cc2)(c2ccc(CCCCCCCC)cc2)c2cc4c(cc23)C2=C(c3ccccc3C2(c2ccc(CCCCCCCC)cc2)c2ccc(CCCCCCCC)cc2)C4(c2ccc(CCCCCCCC)cc2)c2ccc(CCCCCCCC)cc2)cc1. The fourth-order valence-corrected chi connectivity index (χ4v) is 25.6. The fourth-order valence-electron chi connectivity index (χ4n) is 25.6. The predicted molar refractivity (Wildman–Crippen MR) is 601 cm³/mol. The standard InChI is InChI=1S/C138H178/c1-9-17-25-33-41-49-61-107-73-89-115(90-74-107)135(116-91-75-108(76-92-116)62-50-42-34-26-18-10-2)127-71-59-57-69-123(127)131-133(135)125-105-126-130(106-129(125)137(131,119-97-81-111(82-98-119)65-53-45-37-29-21-13-5)120-99-83-112(84-100-120)66-54-46-38-30-22-14-6)138(121-101-85-113(86-102-121)67-55-47-39-31-23-15-7,122-103-87-114(88-104-122)68-56-48-40-32-24-16-8)132-124-70-58-60-72-128(124)136(134(126)132,117-93-77-109(78-94-117)63-51-43-35-27-19-11-3)118-95-79-110(80-96-118)64-52-44-36-28-20-12-4/h57-60,69-106H,9-56,61-68H2,1-8H3. The summed E-state index contributed by atoms with van der Waals surface area (Å²) in [5.74, 6) is 0. The second-order valence-corrected chi connectivity index (χ2v) is 43.3. The van der Waals surface area contributed by atoms with E-state index in [1.54, 1.807) is 0 Å². The van der Waals surface area contributed by atoms with Crippen molar-refractivity contribution < 1.29 is 0 Å². The van der Waals surface area contributed by atoms with Gasteiger partial charge in [-0.25, -0.2) is 0 Å². The molecular formula is C138H178. The highest BCUT2D eigenvalue weighted by Crippen LogP contribution is 2.75. The van der Waals surface area contributed by atoms with Gasteiger partial charge in [-0.2, -0.15) is 0 Å². The lowest BCUT2D eigenvalue weighted by Gasteiger charge is -2.41. The predicted octanol–water partition coefficient (Wildman–Crippen LogP) is 40.1. The van der Waals surface area contributed by atoms with Crippen LogP contribution >= 0.6 is 0 Å². The number of allylic oxidation sites excluding steroid dienone is 4. The van der Waals surface area contributed by atoms with E-state index in [0.717, 1.165) is 51.4 Å². The lowest BCUT2D eigenvalue weighted by Crippen LogP contribution is -2.33. The third-order valence-corrected chi connectivity index (χ3v) is 33.4. The molecule has 0 aliphatic heterocycles. The summed E-state index contributed by atoms with van der Waals surface area (Å²) >= 11 is 0. The highest BCUT2D eigenvalue weighted by Gasteiger charge is 2.64. The van der Waals surface area contributed by atoms with Crippen molar-refractivity contribution in [2.75, 3.05) is 0 Å². The molecule has 730 valence electrons. The van der Waals surface area contributed by atoms with Crippen molar-refractivity contribution in [2.45, 2.75) is 437 Å². The zero-order valence-corrected chi connectivity index (χ0v) is 87.8. The van der Waals surface area contributed by atoms with E-state index in [1.807, 2.05) is 0 Å². The zero-order valence-electron chi connectivity index (χ0n) is 87.8. The molecule has 0 amide bonds. The molecule has 0 fully saturated rings. The van der Waals surface area contributed by atoms with E-state index >= 15 is 0 Å². The van der Waals surface area contributed by atoms with Crippen LogP contribution in [0.4, 0.5) is 0 Å². The Balaban J connectivity index is 1.07. The van der Waals surface area contributed by atoms with Gasteiger partial charge in [0, 0.05) is 0 Å². The molecule has 0 heterocycles. The molecule has 0 spiro atoms. The number of hydrogen-bond acceptors (Lipinski definition) is 0. The van der Waals surface area contributed by atoms with Gasteiger partial charge in [-0.1, -0.05) is 561 Å². The lowest BCUT2D eigenvalue weighted by molar-refractivity contribution is 0.607. The van der Waals surface area contributed by atoms with Crippen LogP contribution in [0.25, 0.3) is 22.3 Å². The lowest BCUT2D eigenvalue weighted by atomic mass is 9.60. The number of unbranched alkanes of at least 4 members (excludes halogenated alkanes) is 40. The van der Waals surface area contributed by atoms with Gasteiger partial charge >= 0.3 is 0 Å². The first-order valence-electron chi connectivity index (χ1n) is 57.9. The molecule has 15 rings (SSSR count). The van der Waals surface area contributed by atoms with Crippen molar-refractivity contribution in [3.63, 3.8) is 0 Å². The molecule has 0 saturated carbocycles. The molecule has 0 N–H and O–H groups in total. The highest BCUT2D eigenvalue weighted by atomic mass is 14.7. The Labute approximate surface area is 841 Å². The minimum Gasteiger partial charge on any atom is -0.0654 e. The Morgan fingerprint density at radius 2 is 0.275 bits per heavy atom. The van der Waals surface area contributed by atoms with E-state index in [0.29, 0.717) is 0 Å². The van der Waals surface area contributed by atoms with Gasteiger partial charge in [-0.3, -0.25) is 0 Å². The summed E-state index contributed by atoms with van der Waals surface area (Å²) in [6.45, 7) is 18.8. The summed E-state index contributed by atoms with van der Waals surface area (Å²) < 4.78 is 0. The maximum atomic E-state index is 2.98. The summed E-state index contributed by atoms with van der Waals surface area (Å²) in [6.07, 6.45) is 70.5. The molecule has 0 radical (unpaired) electrons. The number of aryl methyl sites for hydroxylation is 8. The van der Waals surface area contributed by atoms with E-state index in [4.69, 9.17) is 0 Å². The van der Waals surface area contributed by atoms with Gasteiger partial charge in [0.25, 0.3) is 0 Å². The van der Waals surface area contributed by atoms with Crippen LogP contribution in [-0.2, 0) is 73.0 Å². The van der Waals surface area contributed by atoms with Crippen molar-refractivity contribution in [3.8, 4) is 0 Å².